The van der Waals surface area contributed by atoms with Crippen LogP contribution in [0.1, 0.15) is 5.56 Å². The highest BCUT2D eigenvalue weighted by Crippen LogP contribution is 2.23. The average molecular weight is 289 g/mol. The molecule has 0 bridgehead atoms. The van der Waals surface area contributed by atoms with Crippen LogP contribution in [-0.2, 0) is 6.54 Å². The molecule has 0 aliphatic rings. The van der Waals surface area contributed by atoms with Gasteiger partial charge in [-0.3, -0.25) is 0 Å². The number of hydrogen-bond donors (Lipinski definition) is 4. The zero-order valence-electron chi connectivity index (χ0n) is 11.1. The first-order valence-corrected chi connectivity index (χ1v) is 6.20. The highest BCUT2D eigenvalue weighted by molar-refractivity contribution is 5.91. The van der Waals surface area contributed by atoms with E-state index in [1.807, 2.05) is 6.07 Å². The number of rotatable bonds is 5. The molecule has 8 heteroatoms. The minimum Gasteiger partial charge on any atom is -0.393 e. The van der Waals surface area contributed by atoms with Gasteiger partial charge in [-0.2, -0.15) is 5.26 Å². The van der Waals surface area contributed by atoms with E-state index in [1.165, 1.54) is 6.33 Å². The van der Waals surface area contributed by atoms with E-state index < -0.39 is 12.7 Å². The Hall–Kier alpha value is -2.47. The standard InChI is InChI=1S/C13H15N5O3/c14-3-9-4-18(2-1-8(5-19)10(21)6-20)13-11(9)12(15)16-7-17-13/h1,4,7,10,19-21H,2,5-6H2,(H2,15,16,17)/b8-1-. The van der Waals surface area contributed by atoms with Gasteiger partial charge in [-0.15, -0.1) is 0 Å². The van der Waals surface area contributed by atoms with Gasteiger partial charge < -0.3 is 25.6 Å². The SMILES string of the molecule is N#Cc1cn(C/C=C(/CO)C(O)CO)c2ncnc(N)c12. The van der Waals surface area contributed by atoms with E-state index in [4.69, 9.17) is 21.2 Å². The molecule has 0 amide bonds. The van der Waals surface area contributed by atoms with Crippen molar-refractivity contribution >= 4 is 16.9 Å². The summed E-state index contributed by atoms with van der Waals surface area (Å²) in [6.07, 6.45) is 3.33. The molecule has 2 aromatic rings. The molecule has 21 heavy (non-hydrogen) atoms. The van der Waals surface area contributed by atoms with E-state index in [9.17, 15) is 5.11 Å². The summed E-state index contributed by atoms with van der Waals surface area (Å²) in [5, 5.41) is 37.2. The first-order valence-electron chi connectivity index (χ1n) is 6.20. The fourth-order valence-electron chi connectivity index (χ4n) is 2.01. The number of anilines is 1. The molecule has 2 heterocycles. The largest absolute Gasteiger partial charge is 0.393 e. The van der Waals surface area contributed by atoms with Crippen molar-refractivity contribution in [1.82, 2.24) is 14.5 Å². The van der Waals surface area contributed by atoms with Crippen LogP contribution in [0, 0.1) is 11.3 Å². The van der Waals surface area contributed by atoms with Gasteiger partial charge in [0.2, 0.25) is 0 Å². The summed E-state index contributed by atoms with van der Waals surface area (Å²) >= 11 is 0. The maximum Gasteiger partial charge on any atom is 0.147 e. The second kappa shape index (κ2) is 6.32. The molecule has 1 unspecified atom stereocenters. The zero-order chi connectivity index (χ0) is 15.4. The van der Waals surface area contributed by atoms with Crippen LogP contribution in [0.15, 0.2) is 24.2 Å². The third-order valence-corrected chi connectivity index (χ3v) is 3.14. The first kappa shape index (κ1) is 14.9. The topological polar surface area (TPSA) is 141 Å². The summed E-state index contributed by atoms with van der Waals surface area (Å²) in [7, 11) is 0. The molecule has 0 aliphatic heterocycles. The molecule has 1 atom stereocenters. The number of fused-ring (bicyclic) bond motifs is 1. The molecular formula is C13H15N5O3. The second-order valence-electron chi connectivity index (χ2n) is 4.40. The summed E-state index contributed by atoms with van der Waals surface area (Å²) in [6, 6.07) is 2.03. The van der Waals surface area contributed by atoms with E-state index in [0.29, 0.717) is 22.2 Å². The molecule has 2 rings (SSSR count). The van der Waals surface area contributed by atoms with Crippen molar-refractivity contribution in [2.45, 2.75) is 12.6 Å². The Balaban J connectivity index is 2.42. The molecule has 0 saturated carbocycles. The summed E-state index contributed by atoms with van der Waals surface area (Å²) in [5.41, 5.74) is 6.89. The molecule has 110 valence electrons. The monoisotopic (exact) mass is 289 g/mol. The van der Waals surface area contributed by atoms with Crippen molar-refractivity contribution in [3.63, 3.8) is 0 Å². The number of aliphatic hydroxyl groups is 3. The number of hydrogen-bond acceptors (Lipinski definition) is 7. The number of nitrogens with zero attached hydrogens (tertiary/aromatic N) is 4. The van der Waals surface area contributed by atoms with Gasteiger partial charge in [0.05, 0.1) is 24.2 Å². The van der Waals surface area contributed by atoms with Crippen molar-refractivity contribution in [2.75, 3.05) is 18.9 Å². The Labute approximate surface area is 120 Å². The second-order valence-corrected chi connectivity index (χ2v) is 4.40. The number of nitriles is 1. The highest BCUT2D eigenvalue weighted by atomic mass is 16.3. The normalized spacial score (nSPS) is 13.3. The molecule has 0 radical (unpaired) electrons. The fourth-order valence-corrected chi connectivity index (χ4v) is 2.01. The van der Waals surface area contributed by atoms with Gasteiger partial charge in [-0.05, 0) is 5.57 Å². The lowest BCUT2D eigenvalue weighted by Crippen LogP contribution is -2.18. The molecular weight excluding hydrogens is 274 g/mol. The van der Waals surface area contributed by atoms with Crippen molar-refractivity contribution in [3.05, 3.63) is 29.7 Å². The lowest BCUT2D eigenvalue weighted by molar-refractivity contribution is 0.111. The van der Waals surface area contributed by atoms with Gasteiger partial charge in [0.15, 0.2) is 0 Å². The van der Waals surface area contributed by atoms with Crippen LogP contribution < -0.4 is 5.73 Å². The maximum atomic E-state index is 9.52. The van der Waals surface area contributed by atoms with Crippen LogP contribution in [0.3, 0.4) is 0 Å². The molecule has 0 saturated heterocycles. The molecule has 5 N–H and O–H groups in total. The van der Waals surface area contributed by atoms with Gasteiger partial charge in [-0.25, -0.2) is 9.97 Å². The fraction of sp³-hybridized carbons (Fsp3) is 0.308. The average Bonchev–Trinajstić information content (AvgIpc) is 2.87. The van der Waals surface area contributed by atoms with E-state index in [2.05, 4.69) is 9.97 Å². The van der Waals surface area contributed by atoms with Crippen LogP contribution >= 0.6 is 0 Å². The minimum absolute atomic E-state index is 0.219. The molecule has 0 aromatic carbocycles. The Kier molecular flexibility index (Phi) is 4.49. The maximum absolute atomic E-state index is 9.52. The Morgan fingerprint density at radius 3 is 2.86 bits per heavy atom. The number of allylic oxidation sites excluding steroid dienone is 1. The minimum atomic E-state index is -1.12. The van der Waals surface area contributed by atoms with Crippen molar-refractivity contribution in [2.24, 2.45) is 0 Å². The van der Waals surface area contributed by atoms with Crippen molar-refractivity contribution in [3.8, 4) is 6.07 Å². The molecule has 0 spiro atoms. The quantitative estimate of drug-likeness (QED) is 0.526. The van der Waals surface area contributed by atoms with Gasteiger partial charge >= 0.3 is 0 Å². The van der Waals surface area contributed by atoms with Crippen molar-refractivity contribution < 1.29 is 15.3 Å². The van der Waals surface area contributed by atoms with Crippen molar-refractivity contribution in [1.29, 1.82) is 5.26 Å². The molecule has 0 fully saturated rings. The summed E-state index contributed by atoms with van der Waals surface area (Å²) in [4.78, 5) is 7.95. The summed E-state index contributed by atoms with van der Waals surface area (Å²) in [6.45, 7) is -0.581. The van der Waals surface area contributed by atoms with Gasteiger partial charge in [-0.1, -0.05) is 6.08 Å². The highest BCUT2D eigenvalue weighted by Gasteiger charge is 2.13. The van der Waals surface area contributed by atoms with Crippen LogP contribution in [-0.4, -0.2) is 49.2 Å². The third-order valence-electron chi connectivity index (χ3n) is 3.14. The van der Waals surface area contributed by atoms with Crippen LogP contribution in [0.2, 0.25) is 0 Å². The number of aliphatic hydroxyl groups excluding tert-OH is 3. The number of nitrogen functional groups attached to an aromatic ring is 1. The van der Waals surface area contributed by atoms with Crippen LogP contribution in [0.25, 0.3) is 11.0 Å². The molecule has 8 nitrogen and oxygen atoms in total. The summed E-state index contributed by atoms with van der Waals surface area (Å²) in [5.74, 6) is 0.219. The lowest BCUT2D eigenvalue weighted by Gasteiger charge is -2.10. The van der Waals surface area contributed by atoms with Gasteiger partial charge in [0.1, 0.15) is 30.0 Å². The first-order chi connectivity index (χ1) is 10.1. The predicted molar refractivity (Wildman–Crippen MR) is 74.9 cm³/mol. The van der Waals surface area contributed by atoms with E-state index in [1.54, 1.807) is 16.8 Å². The van der Waals surface area contributed by atoms with Gasteiger partial charge in [0.25, 0.3) is 0 Å². The summed E-state index contributed by atoms with van der Waals surface area (Å²) < 4.78 is 1.66. The van der Waals surface area contributed by atoms with E-state index in [0.717, 1.165) is 0 Å². The van der Waals surface area contributed by atoms with E-state index in [-0.39, 0.29) is 19.0 Å². The van der Waals surface area contributed by atoms with Crippen LogP contribution in [0.4, 0.5) is 5.82 Å². The van der Waals surface area contributed by atoms with Crippen LogP contribution in [0.5, 0.6) is 0 Å². The Morgan fingerprint density at radius 1 is 1.48 bits per heavy atom. The third kappa shape index (κ3) is 2.85. The molecule has 2 aromatic heterocycles. The zero-order valence-corrected chi connectivity index (χ0v) is 11.1. The van der Waals surface area contributed by atoms with E-state index >= 15 is 0 Å². The Morgan fingerprint density at radius 2 is 2.24 bits per heavy atom. The Bertz CT molecular complexity index is 716. The smallest absolute Gasteiger partial charge is 0.147 e. The predicted octanol–water partition coefficient (Wildman–Crippen LogP) is -0.843. The lowest BCUT2D eigenvalue weighted by atomic mass is 10.1. The molecule has 0 aliphatic carbocycles. The number of nitrogens with two attached hydrogens (primary N) is 1. The van der Waals surface area contributed by atoms with Gasteiger partial charge in [0, 0.05) is 12.7 Å². The number of aromatic nitrogens is 3.